The number of hydrogen-bond donors (Lipinski definition) is 0. The second kappa shape index (κ2) is 12.6. The van der Waals surface area contributed by atoms with Gasteiger partial charge in [0.15, 0.2) is 0 Å². The molecule has 1 aliphatic rings. The predicted octanol–water partition coefficient (Wildman–Crippen LogP) is 15.8. The van der Waals surface area contributed by atoms with E-state index in [1.807, 2.05) is 11.3 Å². The molecule has 0 nitrogen and oxygen atoms in total. The third kappa shape index (κ3) is 4.97. The molecule has 0 amide bonds. The van der Waals surface area contributed by atoms with Crippen LogP contribution in [0.5, 0.6) is 0 Å². The van der Waals surface area contributed by atoms with Crippen molar-refractivity contribution in [2.75, 3.05) is 0 Å². The second-order valence-electron chi connectivity index (χ2n) is 16.0. The summed E-state index contributed by atoms with van der Waals surface area (Å²) >= 11 is 1.90. The van der Waals surface area contributed by atoms with Crippen LogP contribution in [0.3, 0.4) is 0 Å². The largest absolute Gasteiger partial charge is 0.135 e. The van der Waals surface area contributed by atoms with Gasteiger partial charge in [-0.25, -0.2) is 0 Å². The summed E-state index contributed by atoms with van der Waals surface area (Å²) in [4.78, 5) is 0. The average molecular weight is 733 g/mol. The van der Waals surface area contributed by atoms with E-state index in [1.54, 1.807) is 0 Å². The molecule has 0 spiro atoms. The fourth-order valence-electron chi connectivity index (χ4n) is 9.77. The van der Waals surface area contributed by atoms with Gasteiger partial charge in [-0.1, -0.05) is 159 Å². The Bertz CT molecular complexity index is 3250. The number of benzene rings is 9. The van der Waals surface area contributed by atoms with E-state index < -0.39 is 0 Å². The topological polar surface area (TPSA) is 0 Å². The van der Waals surface area contributed by atoms with Gasteiger partial charge in [0.1, 0.15) is 0 Å². The van der Waals surface area contributed by atoms with Crippen molar-refractivity contribution < 1.29 is 0 Å². The second-order valence-corrected chi connectivity index (χ2v) is 17.1. The molecule has 0 bridgehead atoms. The van der Waals surface area contributed by atoms with Gasteiger partial charge in [0.05, 0.1) is 0 Å². The first-order chi connectivity index (χ1) is 27.5. The van der Waals surface area contributed by atoms with E-state index in [0.29, 0.717) is 0 Å². The van der Waals surface area contributed by atoms with E-state index in [9.17, 15) is 0 Å². The third-order valence-electron chi connectivity index (χ3n) is 12.5. The van der Waals surface area contributed by atoms with Gasteiger partial charge >= 0.3 is 0 Å². The maximum Gasteiger partial charge on any atom is 0.0361 e. The summed E-state index contributed by atoms with van der Waals surface area (Å²) < 4.78 is 2.70. The summed E-state index contributed by atoms with van der Waals surface area (Å²) in [7, 11) is 0. The summed E-state index contributed by atoms with van der Waals surface area (Å²) in [6.45, 7) is 7.06. The Morgan fingerprint density at radius 2 is 1.20 bits per heavy atom. The molecule has 56 heavy (non-hydrogen) atoms. The third-order valence-corrected chi connectivity index (χ3v) is 13.6. The van der Waals surface area contributed by atoms with E-state index in [-0.39, 0.29) is 5.41 Å². The number of fused-ring (bicyclic) bond motifs is 11. The van der Waals surface area contributed by atoms with Crippen LogP contribution in [-0.2, 0) is 11.8 Å². The zero-order chi connectivity index (χ0) is 37.5. The van der Waals surface area contributed by atoms with Crippen molar-refractivity contribution in [1.29, 1.82) is 0 Å². The summed E-state index contributed by atoms with van der Waals surface area (Å²) in [6, 6.07) is 59.1. The number of allylic oxidation sites excluding steroid dienone is 4. The van der Waals surface area contributed by atoms with Crippen molar-refractivity contribution in [2.24, 2.45) is 0 Å². The van der Waals surface area contributed by atoms with Gasteiger partial charge < -0.3 is 0 Å². The van der Waals surface area contributed by atoms with Crippen LogP contribution in [-0.4, -0.2) is 0 Å². The zero-order valence-corrected chi connectivity index (χ0v) is 32.7. The average Bonchev–Trinajstić information content (AvgIpc) is 3.72. The van der Waals surface area contributed by atoms with E-state index in [2.05, 4.69) is 197 Å². The minimum absolute atomic E-state index is 0.0971. The van der Waals surface area contributed by atoms with Crippen molar-refractivity contribution in [3.8, 4) is 22.3 Å². The van der Waals surface area contributed by atoms with Crippen LogP contribution >= 0.6 is 11.3 Å². The molecule has 1 aromatic heterocycles. The van der Waals surface area contributed by atoms with E-state index in [0.717, 1.165) is 6.42 Å². The molecule has 1 aliphatic carbocycles. The summed E-state index contributed by atoms with van der Waals surface area (Å²) in [5.74, 6) is 0. The fourth-order valence-corrected chi connectivity index (χ4v) is 10.9. The number of hydrogen-bond acceptors (Lipinski definition) is 1. The maximum absolute atomic E-state index is 2.50. The smallest absolute Gasteiger partial charge is 0.0361 e. The molecule has 0 atom stereocenters. The van der Waals surface area contributed by atoms with E-state index >= 15 is 0 Å². The van der Waals surface area contributed by atoms with Crippen LogP contribution in [0.25, 0.3) is 91.1 Å². The first-order valence-electron chi connectivity index (χ1n) is 19.7. The molecule has 1 heterocycles. The highest BCUT2D eigenvalue weighted by Gasteiger charge is 2.36. The van der Waals surface area contributed by atoms with Crippen molar-refractivity contribution in [3.63, 3.8) is 0 Å². The summed E-state index contributed by atoms with van der Waals surface area (Å²) in [6.07, 6.45) is 7.73. The molecular weight excluding hydrogens is 693 g/mol. The van der Waals surface area contributed by atoms with Gasteiger partial charge in [-0.3, -0.25) is 0 Å². The Kier molecular flexibility index (Phi) is 7.46. The molecule has 0 saturated carbocycles. The van der Waals surface area contributed by atoms with E-state index in [4.69, 9.17) is 0 Å². The van der Waals surface area contributed by atoms with Gasteiger partial charge in [-0.15, -0.1) is 11.3 Å². The molecule has 266 valence electrons. The first kappa shape index (κ1) is 33.1. The first-order valence-corrected chi connectivity index (χ1v) is 20.5. The Morgan fingerprint density at radius 3 is 1.98 bits per heavy atom. The lowest BCUT2D eigenvalue weighted by atomic mass is 9.81. The predicted molar refractivity (Wildman–Crippen MR) is 245 cm³/mol. The van der Waals surface area contributed by atoms with E-state index in [1.165, 1.54) is 113 Å². The van der Waals surface area contributed by atoms with Crippen LogP contribution in [0, 0.1) is 0 Å². The van der Waals surface area contributed by atoms with Crippen LogP contribution in [0.1, 0.15) is 43.0 Å². The Morgan fingerprint density at radius 1 is 0.536 bits per heavy atom. The van der Waals surface area contributed by atoms with Crippen molar-refractivity contribution in [3.05, 3.63) is 198 Å². The van der Waals surface area contributed by atoms with Crippen LogP contribution in [0.2, 0.25) is 0 Å². The monoisotopic (exact) mass is 732 g/mol. The van der Waals surface area contributed by atoms with Crippen LogP contribution < -0.4 is 0 Å². The SMILES string of the molecule is C/C(=C\C=C/Cc1cccc2ccccc12)c1c2ccccc2c(-c2ccc3c(c2)-c2cc4c(ccc5sc6ccccc6c54)cc2C3(C)C)c2ccccc12. The highest BCUT2D eigenvalue weighted by Crippen LogP contribution is 2.53. The lowest BCUT2D eigenvalue weighted by Crippen LogP contribution is -2.14. The minimum Gasteiger partial charge on any atom is -0.135 e. The molecule has 11 rings (SSSR count). The molecule has 1 heteroatoms. The van der Waals surface area contributed by atoms with Crippen LogP contribution in [0.15, 0.2) is 176 Å². The molecule has 0 unspecified atom stereocenters. The minimum atomic E-state index is -0.0971. The Labute approximate surface area is 331 Å². The fraction of sp³-hybridized carbons (Fsp3) is 0.0909. The molecule has 9 aromatic carbocycles. The number of thiophene rings is 1. The summed E-state index contributed by atoms with van der Waals surface area (Å²) in [5, 5.41) is 13.2. The van der Waals surface area contributed by atoms with Gasteiger partial charge in [-0.05, 0) is 137 Å². The lowest BCUT2D eigenvalue weighted by molar-refractivity contribution is 0.661. The summed E-state index contributed by atoms with van der Waals surface area (Å²) in [5.41, 5.74) is 11.9. The van der Waals surface area contributed by atoms with Gasteiger partial charge in [0.2, 0.25) is 0 Å². The molecule has 0 radical (unpaired) electrons. The maximum atomic E-state index is 2.50. The number of rotatable bonds is 5. The van der Waals surface area contributed by atoms with Crippen molar-refractivity contribution in [2.45, 2.75) is 32.6 Å². The molecular formula is C55H40S. The molecule has 0 saturated heterocycles. The Hall–Kier alpha value is -6.28. The molecule has 0 N–H and O–H groups in total. The zero-order valence-electron chi connectivity index (χ0n) is 31.9. The molecule has 10 aromatic rings. The van der Waals surface area contributed by atoms with Gasteiger partial charge in [0, 0.05) is 25.6 Å². The quantitative estimate of drug-likeness (QED) is 0.122. The normalized spacial score (nSPS) is 13.9. The molecule has 0 fully saturated rings. The standard InChI is InChI=1S/C55H40S/c1-34(15-4-5-16-35-18-14-19-36-17-6-7-20-39(35)36)52-40-21-8-10-23-42(40)53(43-24-11-9-22-41(43)52)38-27-29-48-46(31-38)47-33-45-37(32-49(47)55(48,2)3)28-30-51-54(45)44-25-12-13-26-50(44)56-51/h4-15,17-33H,16H2,1-3H3/b5-4-,34-15+. The van der Waals surface area contributed by atoms with Crippen molar-refractivity contribution >= 4 is 80.2 Å². The molecule has 0 aliphatic heterocycles. The van der Waals surface area contributed by atoms with Gasteiger partial charge in [0.25, 0.3) is 0 Å². The Balaban J connectivity index is 1.06. The highest BCUT2D eigenvalue weighted by molar-refractivity contribution is 7.26. The lowest BCUT2D eigenvalue weighted by Gasteiger charge is -2.22. The van der Waals surface area contributed by atoms with Crippen LogP contribution in [0.4, 0.5) is 0 Å². The van der Waals surface area contributed by atoms with Gasteiger partial charge in [-0.2, -0.15) is 0 Å². The highest BCUT2D eigenvalue weighted by atomic mass is 32.1. The van der Waals surface area contributed by atoms with Crippen molar-refractivity contribution in [1.82, 2.24) is 0 Å².